The highest BCUT2D eigenvalue weighted by Crippen LogP contribution is 2.46. The minimum absolute atomic E-state index is 0.0143. The molecule has 1 heterocycles. The summed E-state index contributed by atoms with van der Waals surface area (Å²) in [6, 6.07) is 6.03. The number of carboxylic acids is 1. The molecule has 2 aliphatic rings. The first-order valence-corrected chi connectivity index (χ1v) is 8.00. The quantitative estimate of drug-likeness (QED) is 0.923. The van der Waals surface area contributed by atoms with Crippen LogP contribution in [0.4, 0.5) is 4.39 Å². The van der Waals surface area contributed by atoms with Gasteiger partial charge in [-0.2, -0.15) is 5.26 Å². The highest BCUT2D eigenvalue weighted by molar-refractivity contribution is 8.09. The Morgan fingerprint density at radius 2 is 2.27 bits per heavy atom. The van der Waals surface area contributed by atoms with Gasteiger partial charge in [-0.1, -0.05) is 17.8 Å². The van der Waals surface area contributed by atoms with Gasteiger partial charge in [-0.25, -0.2) is 9.18 Å². The molecular weight excluding hydrogens is 303 g/mol. The van der Waals surface area contributed by atoms with E-state index in [-0.39, 0.29) is 16.6 Å². The Morgan fingerprint density at radius 1 is 1.55 bits per heavy atom. The summed E-state index contributed by atoms with van der Waals surface area (Å²) in [4.78, 5) is 14.2. The molecule has 0 saturated heterocycles. The molecule has 0 radical (unpaired) electrons. The third kappa shape index (κ3) is 2.69. The summed E-state index contributed by atoms with van der Waals surface area (Å²) in [5.41, 5.74) is 0.727. The SMILES string of the molecule is CC1SC(c2ccc(C#N)c(F)c2)=C(C(=O)O)N1CC1CC1. The second kappa shape index (κ2) is 5.65. The lowest BCUT2D eigenvalue weighted by Crippen LogP contribution is -2.31. The zero-order chi connectivity index (χ0) is 15.9. The zero-order valence-electron chi connectivity index (χ0n) is 12.0. The average molecular weight is 318 g/mol. The molecule has 1 fully saturated rings. The number of hydrogen-bond donors (Lipinski definition) is 1. The van der Waals surface area contributed by atoms with Gasteiger partial charge in [-0.3, -0.25) is 0 Å². The summed E-state index contributed by atoms with van der Waals surface area (Å²) >= 11 is 1.43. The number of nitrogens with zero attached hydrogens (tertiary/aromatic N) is 2. The molecule has 1 aromatic rings. The maximum absolute atomic E-state index is 13.8. The van der Waals surface area contributed by atoms with Crippen molar-refractivity contribution < 1.29 is 14.3 Å². The van der Waals surface area contributed by atoms with Crippen LogP contribution in [-0.2, 0) is 4.79 Å². The van der Waals surface area contributed by atoms with Gasteiger partial charge in [0.05, 0.1) is 10.9 Å². The van der Waals surface area contributed by atoms with Crippen LogP contribution in [0.5, 0.6) is 0 Å². The molecular formula is C16H15FN2O2S. The number of carbonyl (C=O) groups is 1. The smallest absolute Gasteiger partial charge is 0.353 e. The fourth-order valence-corrected chi connectivity index (χ4v) is 3.83. The normalized spacial score (nSPS) is 21.1. The van der Waals surface area contributed by atoms with Gasteiger partial charge >= 0.3 is 5.97 Å². The Labute approximate surface area is 132 Å². The van der Waals surface area contributed by atoms with Crippen LogP contribution in [0.3, 0.4) is 0 Å². The second-order valence-electron chi connectivity index (χ2n) is 5.60. The van der Waals surface area contributed by atoms with E-state index in [1.54, 1.807) is 12.1 Å². The highest BCUT2D eigenvalue weighted by Gasteiger charge is 2.37. The lowest BCUT2D eigenvalue weighted by atomic mass is 10.1. The van der Waals surface area contributed by atoms with E-state index < -0.39 is 11.8 Å². The van der Waals surface area contributed by atoms with E-state index >= 15 is 0 Å². The molecule has 22 heavy (non-hydrogen) atoms. The van der Waals surface area contributed by atoms with Crippen LogP contribution in [0.2, 0.25) is 0 Å². The minimum atomic E-state index is -0.989. The fraction of sp³-hybridized carbons (Fsp3) is 0.375. The molecule has 0 spiro atoms. The van der Waals surface area contributed by atoms with Gasteiger partial charge in [0.1, 0.15) is 17.6 Å². The van der Waals surface area contributed by atoms with Crippen molar-refractivity contribution in [1.29, 1.82) is 5.26 Å². The molecule has 0 aromatic heterocycles. The van der Waals surface area contributed by atoms with Gasteiger partial charge in [0, 0.05) is 11.4 Å². The van der Waals surface area contributed by atoms with Crippen molar-refractivity contribution in [2.75, 3.05) is 6.54 Å². The Hall–Kier alpha value is -2.00. The molecule has 1 atom stereocenters. The number of rotatable bonds is 4. The van der Waals surface area contributed by atoms with Crippen molar-refractivity contribution in [2.45, 2.75) is 25.1 Å². The summed E-state index contributed by atoms with van der Waals surface area (Å²) < 4.78 is 13.8. The first-order chi connectivity index (χ1) is 10.5. The number of benzene rings is 1. The number of halogens is 1. The molecule has 6 heteroatoms. The maximum atomic E-state index is 13.8. The number of hydrogen-bond acceptors (Lipinski definition) is 4. The topological polar surface area (TPSA) is 64.3 Å². The lowest BCUT2D eigenvalue weighted by Gasteiger charge is -2.24. The molecule has 1 saturated carbocycles. The Balaban J connectivity index is 2.01. The predicted molar refractivity (Wildman–Crippen MR) is 82.2 cm³/mol. The molecule has 0 bridgehead atoms. The number of nitriles is 1. The Bertz CT molecular complexity index is 707. The van der Waals surface area contributed by atoms with Gasteiger partial charge in [0.15, 0.2) is 0 Å². The van der Waals surface area contributed by atoms with Crippen molar-refractivity contribution >= 4 is 22.6 Å². The molecule has 1 aromatic carbocycles. The monoisotopic (exact) mass is 318 g/mol. The highest BCUT2D eigenvalue weighted by atomic mass is 32.2. The van der Waals surface area contributed by atoms with E-state index in [1.165, 1.54) is 23.9 Å². The molecule has 4 nitrogen and oxygen atoms in total. The standard InChI is InChI=1S/C16H15FN2O2S/c1-9-19(8-10-2-3-10)14(16(20)21)15(22-9)11-4-5-12(7-18)13(17)6-11/h4-6,9-10H,2-3,8H2,1H3,(H,20,21). The van der Waals surface area contributed by atoms with Crippen molar-refractivity contribution in [3.63, 3.8) is 0 Å². The Kier molecular flexibility index (Phi) is 3.83. The fourth-order valence-electron chi connectivity index (χ4n) is 2.59. The summed E-state index contributed by atoms with van der Waals surface area (Å²) in [6.07, 6.45) is 2.28. The molecule has 114 valence electrons. The zero-order valence-corrected chi connectivity index (χ0v) is 12.9. The lowest BCUT2D eigenvalue weighted by molar-refractivity contribution is -0.134. The summed E-state index contributed by atoms with van der Waals surface area (Å²) in [7, 11) is 0. The Morgan fingerprint density at radius 3 is 2.82 bits per heavy atom. The van der Waals surface area contributed by atoms with Crippen LogP contribution < -0.4 is 0 Å². The van der Waals surface area contributed by atoms with Crippen LogP contribution in [-0.4, -0.2) is 27.9 Å². The van der Waals surface area contributed by atoms with Gasteiger partial charge in [0.25, 0.3) is 0 Å². The molecule has 3 rings (SSSR count). The first kappa shape index (κ1) is 14.9. The molecule has 0 amide bonds. The van der Waals surface area contributed by atoms with Crippen molar-refractivity contribution in [1.82, 2.24) is 4.90 Å². The summed E-state index contributed by atoms with van der Waals surface area (Å²) in [5.74, 6) is -1.04. The summed E-state index contributed by atoms with van der Waals surface area (Å²) in [6.45, 7) is 2.70. The van der Waals surface area contributed by atoms with E-state index in [9.17, 15) is 14.3 Å². The van der Waals surface area contributed by atoms with Gasteiger partial charge in [0.2, 0.25) is 0 Å². The average Bonchev–Trinajstić information content (AvgIpc) is 3.22. The number of carboxylic acid groups (broad SMARTS) is 1. The van der Waals surface area contributed by atoms with Crippen molar-refractivity contribution in [3.8, 4) is 6.07 Å². The van der Waals surface area contributed by atoms with Crippen LogP contribution in [0.15, 0.2) is 23.9 Å². The van der Waals surface area contributed by atoms with Gasteiger partial charge < -0.3 is 10.0 Å². The van der Waals surface area contributed by atoms with Crippen molar-refractivity contribution in [3.05, 3.63) is 40.8 Å². The second-order valence-corrected chi connectivity index (χ2v) is 6.93. The van der Waals surface area contributed by atoms with E-state index in [0.29, 0.717) is 16.4 Å². The van der Waals surface area contributed by atoms with E-state index in [0.717, 1.165) is 19.4 Å². The maximum Gasteiger partial charge on any atom is 0.353 e. The van der Waals surface area contributed by atoms with Crippen LogP contribution in [0, 0.1) is 23.1 Å². The first-order valence-electron chi connectivity index (χ1n) is 7.12. The van der Waals surface area contributed by atoms with Gasteiger partial charge in [-0.05, 0) is 43.4 Å². The molecule has 1 aliphatic carbocycles. The third-order valence-corrected chi connectivity index (χ3v) is 5.20. The molecule has 1 unspecified atom stereocenters. The minimum Gasteiger partial charge on any atom is -0.477 e. The van der Waals surface area contributed by atoms with E-state index in [1.807, 2.05) is 11.8 Å². The molecule has 1 N–H and O–H groups in total. The largest absolute Gasteiger partial charge is 0.477 e. The third-order valence-electron chi connectivity index (χ3n) is 3.94. The summed E-state index contributed by atoms with van der Waals surface area (Å²) in [5, 5.41) is 18.4. The molecule has 1 aliphatic heterocycles. The number of thioether (sulfide) groups is 1. The van der Waals surface area contributed by atoms with E-state index in [4.69, 9.17) is 5.26 Å². The number of aliphatic carboxylic acids is 1. The van der Waals surface area contributed by atoms with Crippen LogP contribution >= 0.6 is 11.8 Å². The van der Waals surface area contributed by atoms with Crippen LogP contribution in [0.1, 0.15) is 30.9 Å². The predicted octanol–water partition coefficient (Wildman–Crippen LogP) is 3.26. The van der Waals surface area contributed by atoms with E-state index in [2.05, 4.69) is 0 Å². The van der Waals surface area contributed by atoms with Crippen molar-refractivity contribution in [2.24, 2.45) is 5.92 Å². The van der Waals surface area contributed by atoms with Gasteiger partial charge in [-0.15, -0.1) is 0 Å². The van der Waals surface area contributed by atoms with Crippen LogP contribution in [0.25, 0.3) is 4.91 Å².